The number of aromatic nitrogens is 5. The number of carbonyl (C=O) groups excluding carboxylic acids is 1. The van der Waals surface area contributed by atoms with Crippen LogP contribution in [0, 0.1) is 5.82 Å². The molecule has 1 aromatic carbocycles. The smallest absolute Gasteiger partial charge is 0.271 e. The molecule has 1 aliphatic heterocycles. The van der Waals surface area contributed by atoms with Gasteiger partial charge in [0.25, 0.3) is 11.8 Å². The summed E-state index contributed by atoms with van der Waals surface area (Å²) in [5.41, 5.74) is -0.313. The molecule has 4 rings (SSSR count). The number of para-hydroxylation sites is 1. The van der Waals surface area contributed by atoms with E-state index in [1.807, 2.05) is 0 Å². The standard InChI is InChI=1S/C18H15ClF3N7O/c19-11-8-23-17(24-9-11)25-10-14-18(21,22)4-7-28(14)16(30)12-2-1-3-13(20)15(12)29-26-5-6-27-29/h1-3,5-6,8-9,14H,4,7,10H2,(H,23,24,25). The summed E-state index contributed by atoms with van der Waals surface area (Å²) in [7, 11) is 0. The molecule has 12 heteroatoms. The van der Waals surface area contributed by atoms with Crippen LogP contribution in [0.2, 0.25) is 5.02 Å². The van der Waals surface area contributed by atoms with Crippen LogP contribution in [0.1, 0.15) is 16.8 Å². The molecule has 1 saturated heterocycles. The van der Waals surface area contributed by atoms with E-state index in [-0.39, 0.29) is 30.3 Å². The van der Waals surface area contributed by atoms with Crippen molar-refractivity contribution in [2.75, 3.05) is 18.4 Å². The third-order valence-corrected chi connectivity index (χ3v) is 4.92. The van der Waals surface area contributed by atoms with E-state index < -0.39 is 30.1 Å². The third kappa shape index (κ3) is 3.80. The second-order valence-corrected chi connectivity index (χ2v) is 7.02. The zero-order valence-corrected chi connectivity index (χ0v) is 16.1. The van der Waals surface area contributed by atoms with Crippen molar-refractivity contribution in [2.24, 2.45) is 0 Å². The van der Waals surface area contributed by atoms with E-state index >= 15 is 0 Å². The second-order valence-electron chi connectivity index (χ2n) is 6.59. The summed E-state index contributed by atoms with van der Waals surface area (Å²) in [6.45, 7) is -0.493. The molecule has 3 aromatic rings. The lowest BCUT2D eigenvalue weighted by atomic mass is 10.1. The molecule has 8 nitrogen and oxygen atoms in total. The Balaban J connectivity index is 1.61. The van der Waals surface area contributed by atoms with Crippen LogP contribution in [0.15, 0.2) is 43.0 Å². The normalized spacial score (nSPS) is 17.9. The summed E-state index contributed by atoms with van der Waals surface area (Å²) >= 11 is 5.72. The lowest BCUT2D eigenvalue weighted by Gasteiger charge is -2.28. The lowest BCUT2D eigenvalue weighted by molar-refractivity contribution is -0.0249. The highest BCUT2D eigenvalue weighted by molar-refractivity contribution is 6.30. The summed E-state index contributed by atoms with van der Waals surface area (Å²) in [6, 6.07) is 2.35. The first-order valence-corrected chi connectivity index (χ1v) is 9.30. The molecule has 0 bridgehead atoms. The number of carbonyl (C=O) groups is 1. The van der Waals surface area contributed by atoms with Crippen LogP contribution in [0.3, 0.4) is 0 Å². The van der Waals surface area contributed by atoms with E-state index in [9.17, 15) is 18.0 Å². The van der Waals surface area contributed by atoms with Crippen molar-refractivity contribution in [3.63, 3.8) is 0 Å². The van der Waals surface area contributed by atoms with Gasteiger partial charge in [0.1, 0.15) is 11.7 Å². The molecule has 156 valence electrons. The fourth-order valence-corrected chi connectivity index (χ4v) is 3.39. The van der Waals surface area contributed by atoms with Crippen molar-refractivity contribution in [3.05, 3.63) is 59.4 Å². The first-order chi connectivity index (χ1) is 14.4. The Labute approximate surface area is 173 Å². The minimum Gasteiger partial charge on any atom is -0.352 e. The zero-order chi connectivity index (χ0) is 21.3. The quantitative estimate of drug-likeness (QED) is 0.660. The Bertz CT molecular complexity index is 1050. The Morgan fingerprint density at radius 1 is 1.23 bits per heavy atom. The minimum absolute atomic E-state index is 0.0988. The molecule has 1 amide bonds. The number of likely N-dealkylation sites (tertiary alicyclic amines) is 1. The average molecular weight is 438 g/mol. The Morgan fingerprint density at radius 2 is 1.93 bits per heavy atom. The number of anilines is 1. The highest BCUT2D eigenvalue weighted by Gasteiger charge is 2.51. The first kappa shape index (κ1) is 20.1. The van der Waals surface area contributed by atoms with E-state index in [0.29, 0.717) is 5.02 Å². The number of rotatable bonds is 5. The van der Waals surface area contributed by atoms with Crippen molar-refractivity contribution in [1.82, 2.24) is 29.9 Å². The fourth-order valence-electron chi connectivity index (χ4n) is 3.29. The number of hydrogen-bond donors (Lipinski definition) is 1. The molecule has 3 heterocycles. The van der Waals surface area contributed by atoms with Gasteiger partial charge in [-0.15, -0.1) is 4.80 Å². The number of nitrogens with zero attached hydrogens (tertiary/aromatic N) is 6. The maximum absolute atomic E-state index is 14.6. The van der Waals surface area contributed by atoms with Crippen molar-refractivity contribution in [2.45, 2.75) is 18.4 Å². The van der Waals surface area contributed by atoms with Crippen molar-refractivity contribution in [3.8, 4) is 5.69 Å². The fraction of sp³-hybridized carbons (Fsp3) is 0.278. The number of hydrogen-bond acceptors (Lipinski definition) is 6. The number of alkyl halides is 2. The molecule has 0 aliphatic carbocycles. The molecule has 1 unspecified atom stereocenters. The van der Waals surface area contributed by atoms with Gasteiger partial charge in [-0.3, -0.25) is 4.79 Å². The zero-order valence-electron chi connectivity index (χ0n) is 15.3. The van der Waals surface area contributed by atoms with Crippen LogP contribution in [-0.2, 0) is 0 Å². The van der Waals surface area contributed by atoms with Gasteiger partial charge in [-0.05, 0) is 12.1 Å². The Hall–Kier alpha value is -3.21. The van der Waals surface area contributed by atoms with Crippen molar-refractivity contribution in [1.29, 1.82) is 0 Å². The second kappa shape index (κ2) is 7.90. The summed E-state index contributed by atoms with van der Waals surface area (Å²) in [5.74, 6) is -4.54. The van der Waals surface area contributed by atoms with Crippen LogP contribution >= 0.6 is 11.6 Å². The van der Waals surface area contributed by atoms with Gasteiger partial charge in [-0.2, -0.15) is 10.2 Å². The van der Waals surface area contributed by atoms with Gasteiger partial charge < -0.3 is 10.2 Å². The van der Waals surface area contributed by atoms with Crippen LogP contribution in [-0.4, -0.2) is 60.8 Å². The van der Waals surface area contributed by atoms with E-state index in [2.05, 4.69) is 25.5 Å². The Morgan fingerprint density at radius 3 is 2.63 bits per heavy atom. The average Bonchev–Trinajstić information content (AvgIpc) is 3.34. The van der Waals surface area contributed by atoms with Crippen molar-refractivity contribution >= 4 is 23.5 Å². The van der Waals surface area contributed by atoms with E-state index in [0.717, 1.165) is 15.8 Å². The van der Waals surface area contributed by atoms with Crippen LogP contribution in [0.5, 0.6) is 0 Å². The summed E-state index contributed by atoms with van der Waals surface area (Å²) in [5, 5.41) is 10.7. The van der Waals surface area contributed by atoms with Crippen LogP contribution in [0.4, 0.5) is 19.1 Å². The van der Waals surface area contributed by atoms with E-state index in [4.69, 9.17) is 11.6 Å². The molecular weight excluding hydrogens is 423 g/mol. The van der Waals surface area contributed by atoms with Gasteiger partial charge in [0, 0.05) is 19.5 Å². The lowest BCUT2D eigenvalue weighted by Crippen LogP contribution is -2.47. The van der Waals surface area contributed by atoms with E-state index in [1.54, 1.807) is 0 Å². The molecule has 2 aromatic heterocycles. The molecule has 1 N–H and O–H groups in total. The predicted octanol–water partition coefficient (Wildman–Crippen LogP) is 2.81. The van der Waals surface area contributed by atoms with E-state index in [1.165, 1.54) is 36.9 Å². The number of nitrogens with one attached hydrogen (secondary N) is 1. The Kier molecular flexibility index (Phi) is 5.29. The predicted molar refractivity (Wildman–Crippen MR) is 101 cm³/mol. The van der Waals surface area contributed by atoms with Gasteiger partial charge in [0.05, 0.1) is 35.4 Å². The third-order valence-electron chi connectivity index (χ3n) is 4.72. The maximum atomic E-state index is 14.6. The summed E-state index contributed by atoms with van der Waals surface area (Å²) in [4.78, 5) is 22.9. The topological polar surface area (TPSA) is 88.8 Å². The monoisotopic (exact) mass is 437 g/mol. The molecule has 1 atom stereocenters. The summed E-state index contributed by atoms with van der Waals surface area (Å²) < 4.78 is 43.6. The molecule has 1 aliphatic rings. The molecule has 0 radical (unpaired) electrons. The molecule has 30 heavy (non-hydrogen) atoms. The molecular formula is C18H15ClF3N7O. The highest BCUT2D eigenvalue weighted by Crippen LogP contribution is 2.35. The van der Waals surface area contributed by atoms with Crippen LogP contribution in [0.25, 0.3) is 5.69 Å². The van der Waals surface area contributed by atoms with Gasteiger partial charge in [-0.1, -0.05) is 17.7 Å². The number of amides is 1. The van der Waals surface area contributed by atoms with Gasteiger partial charge >= 0.3 is 0 Å². The van der Waals surface area contributed by atoms with Gasteiger partial charge in [0.2, 0.25) is 5.95 Å². The minimum atomic E-state index is -3.15. The molecule has 1 fully saturated rings. The molecule has 0 saturated carbocycles. The SMILES string of the molecule is O=C(c1cccc(F)c1-n1nccn1)N1CCC(F)(F)C1CNc1ncc(Cl)cn1. The van der Waals surface area contributed by atoms with Crippen LogP contribution < -0.4 is 5.32 Å². The maximum Gasteiger partial charge on any atom is 0.271 e. The highest BCUT2D eigenvalue weighted by atomic mass is 35.5. The van der Waals surface area contributed by atoms with Gasteiger partial charge in [-0.25, -0.2) is 23.1 Å². The number of benzene rings is 1. The first-order valence-electron chi connectivity index (χ1n) is 8.92. The van der Waals surface area contributed by atoms with Gasteiger partial charge in [0.15, 0.2) is 5.82 Å². The molecule has 0 spiro atoms. The summed E-state index contributed by atoms with van der Waals surface area (Å²) in [6.07, 6.45) is 4.77. The largest absolute Gasteiger partial charge is 0.352 e. The number of halogens is 4. The van der Waals surface area contributed by atoms with Crippen molar-refractivity contribution < 1.29 is 18.0 Å².